The number of piperidine rings is 1. The summed E-state index contributed by atoms with van der Waals surface area (Å²) in [5, 5.41) is 4.98. The molecule has 2 aliphatic heterocycles. The van der Waals surface area contributed by atoms with Gasteiger partial charge in [0.25, 0.3) is 0 Å². The fraction of sp³-hybridized carbons (Fsp3) is 0.290. The highest BCUT2D eigenvalue weighted by Gasteiger charge is 2.41. The lowest BCUT2D eigenvalue weighted by molar-refractivity contribution is 0.357. The van der Waals surface area contributed by atoms with Crippen LogP contribution in [0.15, 0.2) is 91.4 Å². The maximum atomic E-state index is 6.97. The minimum atomic E-state index is -0.0995. The number of rotatable bonds is 5. The molecule has 2 aliphatic rings. The normalized spacial score (nSPS) is 23.5. The van der Waals surface area contributed by atoms with Gasteiger partial charge in [0.2, 0.25) is 0 Å². The molecule has 7 heteroatoms. The molecule has 4 heterocycles. The van der Waals surface area contributed by atoms with Crippen LogP contribution in [0.25, 0.3) is 5.69 Å². The molecule has 0 radical (unpaired) electrons. The van der Waals surface area contributed by atoms with Gasteiger partial charge in [0.05, 0.1) is 28.5 Å². The van der Waals surface area contributed by atoms with E-state index in [1.807, 2.05) is 24.4 Å². The molecule has 2 aromatic carbocycles. The summed E-state index contributed by atoms with van der Waals surface area (Å²) in [4.78, 5) is 9.30. The number of nitrogens with one attached hydrogen (secondary N) is 1. The van der Waals surface area contributed by atoms with Crippen molar-refractivity contribution in [2.24, 2.45) is 11.8 Å². The first kappa shape index (κ1) is 25.0. The number of aromatic nitrogens is 2. The minimum Gasteiger partial charge on any atom is -0.370 e. The molecule has 0 spiro atoms. The van der Waals surface area contributed by atoms with Gasteiger partial charge < -0.3 is 19.7 Å². The summed E-state index contributed by atoms with van der Waals surface area (Å²) in [6, 6.07) is 24.7. The Hall–Kier alpha value is -3.35. The molecule has 2 fully saturated rings. The van der Waals surface area contributed by atoms with Crippen molar-refractivity contribution in [1.82, 2.24) is 14.9 Å². The largest absolute Gasteiger partial charge is 0.370 e. The predicted octanol–water partition coefficient (Wildman–Crippen LogP) is 7.19. The summed E-state index contributed by atoms with van der Waals surface area (Å²) < 4.78 is 2.15. The lowest BCUT2D eigenvalue weighted by atomic mass is 9.91. The molecule has 0 unspecified atom stereocenters. The number of anilines is 2. The first-order chi connectivity index (χ1) is 18.5. The molecular formula is C31H32ClN5S. The Labute approximate surface area is 235 Å². The van der Waals surface area contributed by atoms with Crippen molar-refractivity contribution in [3.8, 4) is 5.69 Å². The van der Waals surface area contributed by atoms with Gasteiger partial charge >= 0.3 is 0 Å². The number of pyridine rings is 1. The number of hydrogen-bond acceptors (Lipinski definition) is 3. The Balaban J connectivity index is 1.38. The summed E-state index contributed by atoms with van der Waals surface area (Å²) >= 11 is 12.9. The predicted molar refractivity (Wildman–Crippen MR) is 160 cm³/mol. The molecular weight excluding hydrogens is 510 g/mol. The fourth-order valence-electron chi connectivity index (χ4n) is 6.08. The van der Waals surface area contributed by atoms with Crippen molar-refractivity contribution in [2.45, 2.75) is 32.4 Å². The second-order valence-electron chi connectivity index (χ2n) is 10.7. The van der Waals surface area contributed by atoms with Crippen LogP contribution in [0, 0.1) is 11.8 Å². The first-order valence-electron chi connectivity index (χ1n) is 13.3. The molecule has 2 aromatic heterocycles. The third-order valence-corrected chi connectivity index (χ3v) is 8.25. The topological polar surface area (TPSA) is 36.3 Å². The summed E-state index contributed by atoms with van der Waals surface area (Å²) in [5.41, 5.74) is 5.29. The molecule has 0 saturated carbocycles. The van der Waals surface area contributed by atoms with E-state index < -0.39 is 0 Å². The maximum absolute atomic E-state index is 6.97. The van der Waals surface area contributed by atoms with E-state index >= 15 is 0 Å². The van der Waals surface area contributed by atoms with E-state index in [1.54, 1.807) is 0 Å². The van der Waals surface area contributed by atoms with Crippen molar-refractivity contribution in [3.63, 3.8) is 0 Å². The Morgan fingerprint density at radius 1 is 0.921 bits per heavy atom. The Morgan fingerprint density at radius 3 is 2.39 bits per heavy atom. The molecule has 5 nitrogen and oxygen atoms in total. The van der Waals surface area contributed by atoms with Gasteiger partial charge in [-0.3, -0.25) is 4.98 Å². The van der Waals surface area contributed by atoms with Crippen molar-refractivity contribution < 1.29 is 0 Å². The van der Waals surface area contributed by atoms with Gasteiger partial charge in [0.15, 0.2) is 5.11 Å². The SMILES string of the molecule is C[C@@H]1C[C@H](C)CN(c2ccc(N3C(=S)N[C@H](c4ccccn4)[C@H]3c3ccn(-c4ccccc4)c3)cc2Cl)C1. The molecule has 194 valence electrons. The van der Waals surface area contributed by atoms with Crippen LogP contribution >= 0.6 is 23.8 Å². The van der Waals surface area contributed by atoms with Crippen LogP contribution in [0.2, 0.25) is 5.02 Å². The molecule has 0 bridgehead atoms. The number of nitrogens with zero attached hydrogens (tertiary/aromatic N) is 4. The quantitative estimate of drug-likeness (QED) is 0.271. The molecule has 2 saturated heterocycles. The van der Waals surface area contributed by atoms with Gasteiger partial charge in [-0.15, -0.1) is 0 Å². The monoisotopic (exact) mass is 541 g/mol. The molecule has 4 aromatic rings. The van der Waals surface area contributed by atoms with E-state index in [1.165, 1.54) is 6.42 Å². The van der Waals surface area contributed by atoms with Gasteiger partial charge in [0, 0.05) is 43.1 Å². The maximum Gasteiger partial charge on any atom is 0.174 e. The number of para-hydroxylation sites is 1. The standard InChI is InChI=1S/C31H32ClN5S/c1-21-16-22(2)19-36(18-21)28-12-11-25(17-26(28)32)37-30(29(34-31(37)38)27-10-6-7-14-33-27)23-13-15-35(20-23)24-8-4-3-5-9-24/h3-15,17,20-22,29-30H,16,18-19H2,1-2H3,(H,34,38)/t21-,22+,29-,30-/m1/s1. The summed E-state index contributed by atoms with van der Waals surface area (Å²) in [7, 11) is 0. The van der Waals surface area contributed by atoms with Gasteiger partial charge in [-0.05, 0) is 84.6 Å². The molecule has 1 N–H and O–H groups in total. The average Bonchev–Trinajstić information content (AvgIpc) is 3.54. The fourth-order valence-corrected chi connectivity index (χ4v) is 6.72. The third-order valence-electron chi connectivity index (χ3n) is 7.63. The van der Waals surface area contributed by atoms with Gasteiger partial charge in [0.1, 0.15) is 0 Å². The average molecular weight is 542 g/mol. The highest BCUT2D eigenvalue weighted by molar-refractivity contribution is 7.80. The highest BCUT2D eigenvalue weighted by atomic mass is 35.5. The zero-order valence-corrected chi connectivity index (χ0v) is 23.2. The van der Waals surface area contributed by atoms with Crippen LogP contribution in [0.1, 0.15) is 43.6 Å². The number of thiocarbonyl (C=S) groups is 1. The zero-order valence-electron chi connectivity index (χ0n) is 21.7. The van der Waals surface area contributed by atoms with E-state index in [9.17, 15) is 0 Å². The molecule has 38 heavy (non-hydrogen) atoms. The van der Waals surface area contributed by atoms with Crippen molar-refractivity contribution in [3.05, 3.63) is 108 Å². The van der Waals surface area contributed by atoms with Gasteiger partial charge in [-0.2, -0.15) is 0 Å². The van der Waals surface area contributed by atoms with Crippen LogP contribution in [-0.4, -0.2) is 27.8 Å². The lowest BCUT2D eigenvalue weighted by Crippen LogP contribution is -2.38. The lowest BCUT2D eigenvalue weighted by Gasteiger charge is -2.37. The molecule has 6 rings (SSSR count). The first-order valence-corrected chi connectivity index (χ1v) is 14.0. The van der Waals surface area contributed by atoms with E-state index in [0.29, 0.717) is 16.9 Å². The highest BCUT2D eigenvalue weighted by Crippen LogP contribution is 2.43. The van der Waals surface area contributed by atoms with Gasteiger partial charge in [-0.25, -0.2) is 0 Å². The van der Waals surface area contributed by atoms with Crippen LogP contribution in [0.5, 0.6) is 0 Å². The Kier molecular flexibility index (Phi) is 6.85. The van der Waals surface area contributed by atoms with E-state index in [0.717, 1.165) is 46.4 Å². The zero-order chi connectivity index (χ0) is 26.2. The number of hydrogen-bond donors (Lipinski definition) is 1. The van der Waals surface area contributed by atoms with Crippen LogP contribution in [0.3, 0.4) is 0 Å². The number of benzene rings is 2. The number of halogens is 1. The van der Waals surface area contributed by atoms with Crippen molar-refractivity contribution in [1.29, 1.82) is 0 Å². The second-order valence-corrected chi connectivity index (χ2v) is 11.5. The second kappa shape index (κ2) is 10.4. The van der Waals surface area contributed by atoms with E-state index in [4.69, 9.17) is 23.8 Å². The minimum absolute atomic E-state index is 0.0840. The van der Waals surface area contributed by atoms with E-state index in [2.05, 4.69) is 106 Å². The molecule has 4 atom stereocenters. The Morgan fingerprint density at radius 2 is 1.68 bits per heavy atom. The summed E-state index contributed by atoms with van der Waals surface area (Å²) in [6.45, 7) is 6.71. The summed E-state index contributed by atoms with van der Waals surface area (Å²) in [6.07, 6.45) is 7.39. The smallest absolute Gasteiger partial charge is 0.174 e. The molecule has 0 amide bonds. The van der Waals surface area contributed by atoms with Crippen molar-refractivity contribution >= 4 is 40.3 Å². The van der Waals surface area contributed by atoms with Crippen LogP contribution in [0.4, 0.5) is 11.4 Å². The summed E-state index contributed by atoms with van der Waals surface area (Å²) in [5.74, 6) is 1.31. The van der Waals surface area contributed by atoms with Crippen LogP contribution in [-0.2, 0) is 0 Å². The van der Waals surface area contributed by atoms with Crippen LogP contribution < -0.4 is 15.1 Å². The third kappa shape index (κ3) is 4.79. The van der Waals surface area contributed by atoms with Crippen molar-refractivity contribution in [2.75, 3.05) is 22.9 Å². The van der Waals surface area contributed by atoms with Gasteiger partial charge in [-0.1, -0.05) is 49.7 Å². The molecule has 0 aliphatic carbocycles. The van der Waals surface area contributed by atoms with E-state index in [-0.39, 0.29) is 12.1 Å². The Bertz CT molecular complexity index is 1410.